The largest absolute Gasteiger partial charge is 0.444 e. The summed E-state index contributed by atoms with van der Waals surface area (Å²) in [4.78, 5) is 55.5. The molecule has 0 aliphatic carbocycles. The van der Waals surface area contributed by atoms with Crippen molar-refractivity contribution in [2.75, 3.05) is 18.9 Å². The van der Waals surface area contributed by atoms with E-state index in [1.807, 2.05) is 0 Å². The first-order valence-corrected chi connectivity index (χ1v) is 13.6. The topological polar surface area (TPSA) is 108 Å². The summed E-state index contributed by atoms with van der Waals surface area (Å²) in [5.41, 5.74) is -0.716. The van der Waals surface area contributed by atoms with Crippen LogP contribution in [0.25, 0.3) is 0 Å². The summed E-state index contributed by atoms with van der Waals surface area (Å²) in [5.74, 6) is -5.18. The molecule has 228 valence electrons. The molecule has 3 rings (SSSR count). The van der Waals surface area contributed by atoms with E-state index in [2.05, 4.69) is 10.6 Å². The van der Waals surface area contributed by atoms with Crippen LogP contribution >= 0.6 is 0 Å². The van der Waals surface area contributed by atoms with E-state index in [-0.39, 0.29) is 18.5 Å². The van der Waals surface area contributed by atoms with Crippen LogP contribution in [-0.2, 0) is 25.5 Å². The summed E-state index contributed by atoms with van der Waals surface area (Å²) >= 11 is 0. The second-order valence-corrected chi connectivity index (χ2v) is 11.6. The van der Waals surface area contributed by atoms with Crippen molar-refractivity contribution in [1.29, 1.82) is 0 Å². The lowest BCUT2D eigenvalue weighted by Gasteiger charge is -2.39. The molecule has 1 aliphatic rings. The zero-order valence-corrected chi connectivity index (χ0v) is 24.8. The van der Waals surface area contributed by atoms with Gasteiger partial charge in [-0.3, -0.25) is 19.3 Å². The molecule has 0 radical (unpaired) electrons. The van der Waals surface area contributed by atoms with Crippen LogP contribution in [0, 0.1) is 23.4 Å². The van der Waals surface area contributed by atoms with Crippen molar-refractivity contribution < 1.29 is 37.1 Å². The fraction of sp³-hybridized carbons (Fsp3) is 0.467. The lowest BCUT2D eigenvalue weighted by Crippen LogP contribution is -2.58. The van der Waals surface area contributed by atoms with E-state index < -0.39 is 76.6 Å². The van der Waals surface area contributed by atoms with Gasteiger partial charge in [-0.25, -0.2) is 18.0 Å². The first-order valence-electron chi connectivity index (χ1n) is 13.6. The second kappa shape index (κ2) is 12.8. The lowest BCUT2D eigenvalue weighted by atomic mass is 9.90. The van der Waals surface area contributed by atoms with E-state index in [9.17, 15) is 32.3 Å². The Morgan fingerprint density at radius 1 is 1.02 bits per heavy atom. The van der Waals surface area contributed by atoms with Gasteiger partial charge < -0.3 is 20.3 Å². The Kier molecular flexibility index (Phi) is 9.90. The van der Waals surface area contributed by atoms with Gasteiger partial charge in [-0.2, -0.15) is 0 Å². The Morgan fingerprint density at radius 2 is 1.64 bits per heavy atom. The first kappa shape index (κ1) is 32.4. The molecule has 0 bridgehead atoms. The van der Waals surface area contributed by atoms with Crippen molar-refractivity contribution in [3.63, 3.8) is 0 Å². The summed E-state index contributed by atoms with van der Waals surface area (Å²) < 4.78 is 48.1. The Balaban J connectivity index is 1.91. The van der Waals surface area contributed by atoms with Gasteiger partial charge in [-0.15, -0.1) is 0 Å². The molecular formula is C30H37F3N4O5. The minimum atomic E-state index is -1.37. The number of nitrogens with one attached hydrogen (secondary N) is 2. The van der Waals surface area contributed by atoms with E-state index in [0.717, 1.165) is 29.2 Å². The van der Waals surface area contributed by atoms with Crippen LogP contribution in [0.15, 0.2) is 36.4 Å². The fourth-order valence-corrected chi connectivity index (χ4v) is 4.56. The third-order valence-corrected chi connectivity index (χ3v) is 6.95. The van der Waals surface area contributed by atoms with Gasteiger partial charge >= 0.3 is 6.09 Å². The molecule has 2 N–H and O–H groups in total. The van der Waals surface area contributed by atoms with E-state index >= 15 is 0 Å². The number of rotatable bonds is 7. The summed E-state index contributed by atoms with van der Waals surface area (Å²) in [6.45, 7) is 9.91. The molecule has 4 amide bonds. The van der Waals surface area contributed by atoms with Gasteiger partial charge in [0.05, 0.1) is 0 Å². The molecule has 2 unspecified atom stereocenters. The normalized spacial score (nSPS) is 16.3. The van der Waals surface area contributed by atoms with Crippen molar-refractivity contribution in [3.8, 4) is 0 Å². The molecule has 42 heavy (non-hydrogen) atoms. The number of anilines is 1. The van der Waals surface area contributed by atoms with Crippen LogP contribution in [0.5, 0.6) is 0 Å². The molecule has 1 heterocycles. The highest BCUT2D eigenvalue weighted by molar-refractivity contribution is 6.00. The summed E-state index contributed by atoms with van der Waals surface area (Å²) in [6, 6.07) is 3.32. The standard InChI is InChI=1S/C30H37F3N4O5/c1-16(2)23(34-26(38)17(3)36(7)29(41)42-30(4,5)6)28(40)37-14-13-18-15-19(31)11-12-20(18)25(37)27(39)35-24-21(32)9-8-10-22(24)33/h8-12,15-17,23,25H,13-14H2,1-7H3,(H,34,38)(H,35,39)/t17-,23?,25?/m0/s1. The van der Waals surface area contributed by atoms with Gasteiger partial charge in [0.1, 0.15) is 46.9 Å². The number of likely N-dealkylation sites (N-methyl/N-ethyl adjacent to an activating group) is 1. The molecular weight excluding hydrogens is 553 g/mol. The molecule has 9 nitrogen and oxygen atoms in total. The van der Waals surface area contributed by atoms with Crippen LogP contribution in [0.2, 0.25) is 0 Å². The third-order valence-electron chi connectivity index (χ3n) is 6.95. The van der Waals surface area contributed by atoms with E-state index in [4.69, 9.17) is 4.74 Å². The molecule has 0 aromatic heterocycles. The van der Waals surface area contributed by atoms with Crippen LogP contribution in [-0.4, -0.2) is 64.9 Å². The third kappa shape index (κ3) is 7.40. The Hall–Kier alpha value is -4.09. The van der Waals surface area contributed by atoms with Crippen molar-refractivity contribution >= 4 is 29.5 Å². The van der Waals surface area contributed by atoms with Crippen LogP contribution < -0.4 is 10.6 Å². The Morgan fingerprint density at radius 3 is 2.21 bits per heavy atom. The molecule has 12 heteroatoms. The maximum Gasteiger partial charge on any atom is 0.410 e. The molecule has 0 saturated heterocycles. The monoisotopic (exact) mass is 590 g/mol. The number of carbonyl (C=O) groups excluding carboxylic acids is 4. The minimum Gasteiger partial charge on any atom is -0.444 e. The van der Waals surface area contributed by atoms with Crippen LogP contribution in [0.3, 0.4) is 0 Å². The smallest absolute Gasteiger partial charge is 0.410 e. The van der Waals surface area contributed by atoms with E-state index in [1.54, 1.807) is 34.6 Å². The van der Waals surface area contributed by atoms with Crippen molar-refractivity contribution in [2.45, 2.75) is 71.7 Å². The van der Waals surface area contributed by atoms with Gasteiger partial charge in [0, 0.05) is 13.6 Å². The predicted octanol–water partition coefficient (Wildman–Crippen LogP) is 4.56. The first-order chi connectivity index (χ1) is 19.5. The number of nitrogens with zero attached hydrogens (tertiary/aromatic N) is 2. The number of benzene rings is 2. The fourth-order valence-electron chi connectivity index (χ4n) is 4.56. The molecule has 0 saturated carbocycles. The second-order valence-electron chi connectivity index (χ2n) is 11.6. The molecule has 0 fully saturated rings. The zero-order valence-electron chi connectivity index (χ0n) is 24.8. The number of fused-ring (bicyclic) bond motifs is 1. The average molecular weight is 591 g/mol. The highest BCUT2D eigenvalue weighted by Crippen LogP contribution is 2.33. The van der Waals surface area contributed by atoms with E-state index in [1.165, 1.54) is 31.0 Å². The SMILES string of the molecule is CC(C)C(NC(=O)[C@H](C)N(C)C(=O)OC(C)(C)C)C(=O)N1CCc2cc(F)ccc2C1C(=O)Nc1c(F)cccc1F. The van der Waals surface area contributed by atoms with Gasteiger partial charge in [0.15, 0.2) is 0 Å². The van der Waals surface area contributed by atoms with E-state index in [0.29, 0.717) is 5.56 Å². The molecule has 2 aromatic rings. The number of hydrogen-bond donors (Lipinski definition) is 2. The summed E-state index contributed by atoms with van der Waals surface area (Å²) in [6.07, 6.45) is -0.526. The maximum absolute atomic E-state index is 14.4. The lowest BCUT2D eigenvalue weighted by molar-refractivity contribution is -0.144. The van der Waals surface area contributed by atoms with Gasteiger partial charge in [-0.1, -0.05) is 26.0 Å². The van der Waals surface area contributed by atoms with Gasteiger partial charge in [0.25, 0.3) is 5.91 Å². The number of halogens is 3. The predicted molar refractivity (Wildman–Crippen MR) is 150 cm³/mol. The highest BCUT2D eigenvalue weighted by atomic mass is 19.1. The quantitative estimate of drug-likeness (QED) is 0.492. The molecule has 0 spiro atoms. The Bertz CT molecular complexity index is 1340. The zero-order chi connectivity index (χ0) is 31.5. The number of amides is 4. The number of hydrogen-bond acceptors (Lipinski definition) is 5. The highest BCUT2D eigenvalue weighted by Gasteiger charge is 2.41. The van der Waals surface area contributed by atoms with Crippen molar-refractivity contribution in [2.24, 2.45) is 5.92 Å². The van der Waals surface area contributed by atoms with Gasteiger partial charge in [0.2, 0.25) is 11.8 Å². The van der Waals surface area contributed by atoms with Gasteiger partial charge in [-0.05, 0) is 75.4 Å². The average Bonchev–Trinajstić information content (AvgIpc) is 2.90. The number of carbonyl (C=O) groups is 4. The molecule has 1 aliphatic heterocycles. The molecule has 3 atom stereocenters. The van der Waals surface area contributed by atoms with Crippen LogP contribution in [0.4, 0.5) is 23.7 Å². The van der Waals surface area contributed by atoms with Crippen molar-refractivity contribution in [1.82, 2.24) is 15.1 Å². The number of ether oxygens (including phenoxy) is 1. The molecule has 2 aromatic carbocycles. The van der Waals surface area contributed by atoms with Crippen LogP contribution in [0.1, 0.15) is 58.7 Å². The minimum absolute atomic E-state index is 0.0282. The van der Waals surface area contributed by atoms with Crippen molar-refractivity contribution in [3.05, 3.63) is 65.0 Å². The summed E-state index contributed by atoms with van der Waals surface area (Å²) in [5, 5.41) is 4.92. The summed E-state index contributed by atoms with van der Waals surface area (Å²) in [7, 11) is 1.40. The maximum atomic E-state index is 14.4. The Labute approximate surface area is 243 Å². The number of para-hydroxylation sites is 1.